The second-order valence-corrected chi connectivity index (χ2v) is 7.04. The van der Waals surface area contributed by atoms with Crippen molar-refractivity contribution in [2.24, 2.45) is 0 Å². The van der Waals surface area contributed by atoms with E-state index in [9.17, 15) is 8.42 Å². The number of nitrogens with one attached hydrogen (secondary N) is 2. The van der Waals surface area contributed by atoms with E-state index in [0.29, 0.717) is 12.3 Å². The van der Waals surface area contributed by atoms with E-state index >= 15 is 0 Å². The SMILES string of the molecule is CNCc1ccc(S(=O)(=O)NCC(C)(C)OC)c(OC)c1. The highest BCUT2D eigenvalue weighted by molar-refractivity contribution is 7.89. The standard InChI is InChI=1S/C14H24N2O4S/c1-14(2,20-5)10-16-21(17,18)13-7-6-11(9-15-3)8-12(13)19-4/h6-8,15-16H,9-10H2,1-5H3. The summed E-state index contributed by atoms with van der Waals surface area (Å²) in [4.78, 5) is 0.122. The maximum absolute atomic E-state index is 12.4. The van der Waals surface area contributed by atoms with Crippen LogP contribution in [0.2, 0.25) is 0 Å². The Hall–Kier alpha value is -1.15. The van der Waals surface area contributed by atoms with Crippen molar-refractivity contribution in [1.82, 2.24) is 10.0 Å². The van der Waals surface area contributed by atoms with Crippen LogP contribution in [0.25, 0.3) is 0 Å². The molecule has 0 aliphatic carbocycles. The van der Waals surface area contributed by atoms with E-state index in [2.05, 4.69) is 10.0 Å². The van der Waals surface area contributed by atoms with Gasteiger partial charge < -0.3 is 14.8 Å². The molecule has 1 aromatic rings. The number of rotatable bonds is 8. The van der Waals surface area contributed by atoms with Crippen molar-refractivity contribution >= 4 is 10.0 Å². The zero-order valence-corrected chi connectivity index (χ0v) is 14.0. The van der Waals surface area contributed by atoms with Crippen molar-refractivity contribution in [2.75, 3.05) is 27.8 Å². The number of sulfonamides is 1. The first-order chi connectivity index (χ1) is 9.75. The lowest BCUT2D eigenvalue weighted by molar-refractivity contribution is 0.0276. The highest BCUT2D eigenvalue weighted by atomic mass is 32.2. The summed E-state index contributed by atoms with van der Waals surface area (Å²) >= 11 is 0. The first-order valence-corrected chi connectivity index (χ1v) is 8.10. The third-order valence-corrected chi connectivity index (χ3v) is 4.58. The second kappa shape index (κ2) is 7.22. The summed E-state index contributed by atoms with van der Waals surface area (Å²) in [5.74, 6) is 0.325. The normalized spacial score (nSPS) is 12.4. The van der Waals surface area contributed by atoms with Crippen LogP contribution in [0.1, 0.15) is 19.4 Å². The minimum Gasteiger partial charge on any atom is -0.495 e. The average molecular weight is 316 g/mol. The van der Waals surface area contributed by atoms with E-state index in [0.717, 1.165) is 5.56 Å². The van der Waals surface area contributed by atoms with Crippen LogP contribution in [0.15, 0.2) is 23.1 Å². The Morgan fingerprint density at radius 3 is 2.43 bits per heavy atom. The highest BCUT2D eigenvalue weighted by Crippen LogP contribution is 2.25. The lowest BCUT2D eigenvalue weighted by Crippen LogP contribution is -2.39. The molecule has 0 atom stereocenters. The zero-order valence-electron chi connectivity index (χ0n) is 13.2. The highest BCUT2D eigenvalue weighted by Gasteiger charge is 2.24. The lowest BCUT2D eigenvalue weighted by atomic mass is 10.1. The maximum Gasteiger partial charge on any atom is 0.244 e. The van der Waals surface area contributed by atoms with E-state index in [-0.39, 0.29) is 11.4 Å². The van der Waals surface area contributed by atoms with Crippen molar-refractivity contribution in [2.45, 2.75) is 30.9 Å². The summed E-state index contributed by atoms with van der Waals surface area (Å²) in [5, 5.41) is 3.01. The Kier molecular flexibility index (Phi) is 6.15. The molecule has 6 nitrogen and oxygen atoms in total. The third-order valence-electron chi connectivity index (χ3n) is 3.14. The van der Waals surface area contributed by atoms with Gasteiger partial charge in [0.05, 0.1) is 12.7 Å². The first kappa shape index (κ1) is 17.9. The van der Waals surface area contributed by atoms with Gasteiger partial charge in [0.2, 0.25) is 10.0 Å². The van der Waals surface area contributed by atoms with Crippen LogP contribution in [0, 0.1) is 0 Å². The fraction of sp³-hybridized carbons (Fsp3) is 0.571. The summed E-state index contributed by atoms with van der Waals surface area (Å²) in [7, 11) is 1.17. The molecule has 1 rings (SSSR count). The molecule has 0 bridgehead atoms. The van der Waals surface area contributed by atoms with Crippen molar-refractivity contribution in [3.63, 3.8) is 0 Å². The van der Waals surface area contributed by atoms with E-state index in [1.54, 1.807) is 25.3 Å². The van der Waals surface area contributed by atoms with Gasteiger partial charge in [-0.2, -0.15) is 0 Å². The van der Waals surface area contributed by atoms with Gasteiger partial charge in [-0.1, -0.05) is 6.07 Å². The molecule has 0 unspecified atom stereocenters. The quantitative estimate of drug-likeness (QED) is 0.751. The van der Waals surface area contributed by atoms with Crippen LogP contribution in [0.3, 0.4) is 0 Å². The topological polar surface area (TPSA) is 76.7 Å². The molecule has 0 amide bonds. The van der Waals surface area contributed by atoms with Crippen molar-refractivity contribution in [3.8, 4) is 5.75 Å². The van der Waals surface area contributed by atoms with E-state index in [1.807, 2.05) is 20.9 Å². The Bertz CT molecular complexity index is 570. The van der Waals surface area contributed by atoms with Gasteiger partial charge >= 0.3 is 0 Å². The molecule has 0 spiro atoms. The van der Waals surface area contributed by atoms with E-state index < -0.39 is 15.6 Å². The molecule has 21 heavy (non-hydrogen) atoms. The minimum absolute atomic E-state index is 0.122. The molecule has 0 fully saturated rings. The molecule has 7 heteroatoms. The molecule has 2 N–H and O–H groups in total. The second-order valence-electron chi connectivity index (χ2n) is 5.30. The summed E-state index contributed by atoms with van der Waals surface area (Å²) < 4.78 is 37.7. The summed E-state index contributed by atoms with van der Waals surface area (Å²) in [6.07, 6.45) is 0. The summed E-state index contributed by atoms with van der Waals surface area (Å²) in [6, 6.07) is 5.02. The molecule has 0 aliphatic rings. The van der Waals surface area contributed by atoms with E-state index in [1.165, 1.54) is 7.11 Å². The van der Waals surface area contributed by atoms with Crippen molar-refractivity contribution in [3.05, 3.63) is 23.8 Å². The van der Waals surface area contributed by atoms with Gasteiger partial charge in [0.1, 0.15) is 10.6 Å². The van der Waals surface area contributed by atoms with Gasteiger partial charge in [-0.15, -0.1) is 0 Å². The molecule has 0 radical (unpaired) electrons. The maximum atomic E-state index is 12.4. The monoisotopic (exact) mass is 316 g/mol. The molecule has 0 heterocycles. The smallest absolute Gasteiger partial charge is 0.244 e. The number of ether oxygens (including phenoxy) is 2. The molecule has 0 aromatic heterocycles. The Morgan fingerprint density at radius 1 is 1.24 bits per heavy atom. The Morgan fingerprint density at radius 2 is 1.90 bits per heavy atom. The number of hydrogen-bond donors (Lipinski definition) is 2. The lowest BCUT2D eigenvalue weighted by Gasteiger charge is -2.23. The van der Waals surface area contributed by atoms with Crippen LogP contribution < -0.4 is 14.8 Å². The number of methoxy groups -OCH3 is 2. The van der Waals surface area contributed by atoms with Gasteiger partial charge in [0, 0.05) is 20.2 Å². The Balaban J connectivity index is 3.02. The van der Waals surface area contributed by atoms with E-state index in [4.69, 9.17) is 9.47 Å². The van der Waals surface area contributed by atoms with Gasteiger partial charge in [-0.05, 0) is 38.6 Å². The fourth-order valence-corrected chi connectivity index (χ4v) is 3.01. The Labute approximate surface area is 126 Å². The molecule has 0 saturated heterocycles. The molecular weight excluding hydrogens is 292 g/mol. The third kappa shape index (κ3) is 4.96. The van der Waals surface area contributed by atoms with Gasteiger partial charge in [-0.25, -0.2) is 13.1 Å². The molecule has 0 saturated carbocycles. The summed E-state index contributed by atoms with van der Waals surface area (Å²) in [5.41, 5.74) is 0.373. The molecule has 120 valence electrons. The number of benzene rings is 1. The predicted octanol–water partition coefficient (Wildman–Crippen LogP) is 1.12. The van der Waals surface area contributed by atoms with Crippen LogP contribution >= 0.6 is 0 Å². The predicted molar refractivity (Wildman–Crippen MR) is 82.0 cm³/mol. The van der Waals surface area contributed by atoms with Crippen LogP contribution in [-0.2, 0) is 21.3 Å². The zero-order chi connectivity index (χ0) is 16.1. The minimum atomic E-state index is -3.65. The van der Waals surface area contributed by atoms with Crippen LogP contribution in [-0.4, -0.2) is 41.8 Å². The van der Waals surface area contributed by atoms with Crippen molar-refractivity contribution < 1.29 is 17.9 Å². The average Bonchev–Trinajstić information content (AvgIpc) is 2.45. The van der Waals surface area contributed by atoms with Crippen molar-refractivity contribution in [1.29, 1.82) is 0 Å². The van der Waals surface area contributed by atoms with Gasteiger partial charge in [-0.3, -0.25) is 0 Å². The molecule has 0 aliphatic heterocycles. The van der Waals surface area contributed by atoms with Crippen LogP contribution in [0.4, 0.5) is 0 Å². The van der Waals surface area contributed by atoms with Gasteiger partial charge in [0.25, 0.3) is 0 Å². The fourth-order valence-electron chi connectivity index (χ4n) is 1.67. The molecular formula is C14H24N2O4S. The largest absolute Gasteiger partial charge is 0.495 e. The molecule has 1 aromatic carbocycles. The van der Waals surface area contributed by atoms with Gasteiger partial charge in [0.15, 0.2) is 0 Å². The first-order valence-electron chi connectivity index (χ1n) is 6.62. The summed E-state index contributed by atoms with van der Waals surface area (Å²) in [6.45, 7) is 4.43. The number of hydrogen-bond acceptors (Lipinski definition) is 5. The van der Waals surface area contributed by atoms with Crippen LogP contribution in [0.5, 0.6) is 5.75 Å².